The van der Waals surface area contributed by atoms with Gasteiger partial charge in [0.05, 0.1) is 6.61 Å². The maximum Gasteiger partial charge on any atom is 0.277 e. The minimum atomic E-state index is -0.329. The van der Waals surface area contributed by atoms with E-state index in [0.717, 1.165) is 11.1 Å². The van der Waals surface area contributed by atoms with Crippen LogP contribution in [-0.2, 0) is 0 Å². The number of nitrogens with one attached hydrogen (secondary N) is 1. The molecule has 1 amide bonds. The molecule has 1 heterocycles. The molecule has 0 radical (unpaired) electrons. The second-order valence-corrected chi connectivity index (χ2v) is 4.58. The molecule has 0 spiro atoms. The van der Waals surface area contributed by atoms with Crippen LogP contribution in [0.4, 0.5) is 5.69 Å². The van der Waals surface area contributed by atoms with Gasteiger partial charge in [0.2, 0.25) is 0 Å². The summed E-state index contributed by atoms with van der Waals surface area (Å²) in [7, 11) is 0. The highest BCUT2D eigenvalue weighted by Gasteiger charge is 2.11. The predicted molar refractivity (Wildman–Crippen MR) is 79.0 cm³/mol. The zero-order chi connectivity index (χ0) is 15.2. The average molecular weight is 284 g/mol. The number of benzene rings is 1. The Labute approximate surface area is 123 Å². The third kappa shape index (κ3) is 3.94. The van der Waals surface area contributed by atoms with Crippen LogP contribution in [0.15, 0.2) is 28.8 Å². The summed E-state index contributed by atoms with van der Waals surface area (Å²) in [4.78, 5) is 12.0. The Morgan fingerprint density at radius 3 is 2.86 bits per heavy atom. The molecule has 0 fully saturated rings. The van der Waals surface area contributed by atoms with Crippen molar-refractivity contribution in [3.8, 4) is 11.8 Å². The lowest BCUT2D eigenvalue weighted by atomic mass is 10.1. The first kappa shape index (κ1) is 14.8. The van der Waals surface area contributed by atoms with Crippen LogP contribution in [0.3, 0.4) is 0 Å². The van der Waals surface area contributed by atoms with Gasteiger partial charge in [0.25, 0.3) is 5.91 Å². The van der Waals surface area contributed by atoms with Crippen LogP contribution < -0.4 is 5.32 Å². The molecule has 1 aromatic heterocycles. The quantitative estimate of drug-likeness (QED) is 0.848. The monoisotopic (exact) mass is 284 g/mol. The molecule has 0 saturated heterocycles. The Morgan fingerprint density at radius 1 is 1.38 bits per heavy atom. The molecule has 108 valence electrons. The maximum atomic E-state index is 12.0. The lowest BCUT2D eigenvalue weighted by Gasteiger charge is -2.05. The number of aromatic nitrogens is 1. The fourth-order valence-corrected chi connectivity index (χ4v) is 1.72. The van der Waals surface area contributed by atoms with Gasteiger partial charge in [0.15, 0.2) is 5.69 Å². The van der Waals surface area contributed by atoms with E-state index in [0.29, 0.717) is 17.9 Å². The molecule has 2 aromatic rings. The van der Waals surface area contributed by atoms with Crippen LogP contribution in [0.5, 0.6) is 0 Å². The topological polar surface area (TPSA) is 75.4 Å². The number of rotatable bonds is 3. The molecule has 0 aliphatic carbocycles. The molecule has 5 nitrogen and oxygen atoms in total. The highest BCUT2D eigenvalue weighted by atomic mass is 16.5. The third-order valence-corrected chi connectivity index (χ3v) is 2.82. The van der Waals surface area contributed by atoms with E-state index >= 15 is 0 Å². The van der Waals surface area contributed by atoms with Crippen molar-refractivity contribution < 1.29 is 14.4 Å². The first-order valence-electron chi connectivity index (χ1n) is 6.55. The van der Waals surface area contributed by atoms with E-state index < -0.39 is 0 Å². The number of nitrogens with zero attached hydrogens (tertiary/aromatic N) is 1. The second-order valence-electron chi connectivity index (χ2n) is 4.58. The van der Waals surface area contributed by atoms with Crippen molar-refractivity contribution in [2.45, 2.75) is 20.3 Å². The smallest absolute Gasteiger partial charge is 0.277 e. The Bertz CT molecular complexity index is 708. The maximum absolute atomic E-state index is 12.0. The lowest BCUT2D eigenvalue weighted by molar-refractivity contribution is 0.101. The van der Waals surface area contributed by atoms with Crippen molar-refractivity contribution in [1.82, 2.24) is 5.16 Å². The number of amides is 1. The molecular formula is C16H16N2O3. The summed E-state index contributed by atoms with van der Waals surface area (Å²) in [5.41, 5.74) is 2.70. The van der Waals surface area contributed by atoms with Crippen molar-refractivity contribution >= 4 is 11.6 Å². The Morgan fingerprint density at radius 2 is 2.19 bits per heavy atom. The van der Waals surface area contributed by atoms with Crippen molar-refractivity contribution in [2.75, 3.05) is 11.9 Å². The highest BCUT2D eigenvalue weighted by Crippen LogP contribution is 2.15. The summed E-state index contributed by atoms with van der Waals surface area (Å²) in [6.45, 7) is 3.70. The van der Waals surface area contributed by atoms with Gasteiger partial charge < -0.3 is 14.9 Å². The Kier molecular flexibility index (Phi) is 4.75. The van der Waals surface area contributed by atoms with Gasteiger partial charge in [-0.25, -0.2) is 0 Å². The van der Waals surface area contributed by atoms with E-state index in [1.165, 1.54) is 0 Å². The van der Waals surface area contributed by atoms with E-state index in [2.05, 4.69) is 22.3 Å². The van der Waals surface area contributed by atoms with E-state index in [1.807, 2.05) is 13.0 Å². The minimum absolute atomic E-state index is 0.0357. The largest absolute Gasteiger partial charge is 0.395 e. The number of aliphatic hydroxyl groups is 1. The molecule has 0 atom stereocenters. The van der Waals surface area contributed by atoms with Gasteiger partial charge in [-0.05, 0) is 31.5 Å². The zero-order valence-corrected chi connectivity index (χ0v) is 11.9. The van der Waals surface area contributed by atoms with E-state index in [9.17, 15) is 4.79 Å². The fourth-order valence-electron chi connectivity index (χ4n) is 1.72. The molecule has 1 aromatic carbocycles. The number of hydrogen-bond acceptors (Lipinski definition) is 4. The van der Waals surface area contributed by atoms with Gasteiger partial charge in [-0.1, -0.05) is 23.1 Å². The summed E-state index contributed by atoms with van der Waals surface area (Å²) < 4.78 is 4.87. The van der Waals surface area contributed by atoms with Crippen molar-refractivity contribution in [3.05, 3.63) is 46.8 Å². The van der Waals surface area contributed by atoms with Crippen LogP contribution >= 0.6 is 0 Å². The number of carbonyl (C=O) groups excluding carboxylic acids is 1. The van der Waals surface area contributed by atoms with Crippen LogP contribution in [0.2, 0.25) is 0 Å². The summed E-state index contributed by atoms with van der Waals surface area (Å²) in [5, 5.41) is 15.2. The van der Waals surface area contributed by atoms with Crippen LogP contribution in [0.1, 0.15) is 33.8 Å². The van der Waals surface area contributed by atoms with Gasteiger partial charge in [-0.15, -0.1) is 0 Å². The molecule has 0 saturated carbocycles. The summed E-state index contributed by atoms with van der Waals surface area (Å²) in [6.07, 6.45) is 0.425. The minimum Gasteiger partial charge on any atom is -0.395 e. The standard InChI is InChI=1S/C16H16N2O3/c1-11-6-7-14(10-13(11)5-3-4-8-19)17-16(20)15-9-12(2)21-18-15/h6-7,9-10,19H,4,8H2,1-2H3,(H,17,20). The van der Waals surface area contributed by atoms with Crippen LogP contribution in [-0.4, -0.2) is 22.8 Å². The molecule has 0 unspecified atom stereocenters. The lowest BCUT2D eigenvalue weighted by Crippen LogP contribution is -2.12. The summed E-state index contributed by atoms with van der Waals surface area (Å²) in [6, 6.07) is 7.06. The van der Waals surface area contributed by atoms with Gasteiger partial charge in [0, 0.05) is 23.7 Å². The molecule has 0 aliphatic rings. The number of anilines is 1. The van der Waals surface area contributed by atoms with Crippen molar-refractivity contribution in [1.29, 1.82) is 0 Å². The normalized spacial score (nSPS) is 9.86. The van der Waals surface area contributed by atoms with Gasteiger partial charge >= 0.3 is 0 Å². The first-order chi connectivity index (χ1) is 10.1. The Balaban J connectivity index is 2.16. The predicted octanol–water partition coefficient (Wildman–Crippen LogP) is 2.28. The number of aliphatic hydroxyl groups excluding tert-OH is 1. The van der Waals surface area contributed by atoms with E-state index in [-0.39, 0.29) is 18.2 Å². The molecule has 2 N–H and O–H groups in total. The SMILES string of the molecule is Cc1cc(C(=O)Nc2ccc(C)c(C#CCCO)c2)no1. The van der Waals surface area contributed by atoms with Crippen LogP contribution in [0.25, 0.3) is 0 Å². The fraction of sp³-hybridized carbons (Fsp3) is 0.250. The van der Waals surface area contributed by atoms with E-state index in [4.69, 9.17) is 9.63 Å². The van der Waals surface area contributed by atoms with Crippen molar-refractivity contribution in [2.24, 2.45) is 0 Å². The molecular weight excluding hydrogens is 268 g/mol. The zero-order valence-electron chi connectivity index (χ0n) is 11.9. The summed E-state index contributed by atoms with van der Waals surface area (Å²) >= 11 is 0. The summed E-state index contributed by atoms with van der Waals surface area (Å²) in [5.74, 6) is 6.10. The number of carbonyl (C=O) groups is 1. The third-order valence-electron chi connectivity index (χ3n) is 2.82. The van der Waals surface area contributed by atoms with Gasteiger partial charge in [0.1, 0.15) is 5.76 Å². The van der Waals surface area contributed by atoms with Gasteiger partial charge in [-0.2, -0.15) is 0 Å². The van der Waals surface area contributed by atoms with Crippen molar-refractivity contribution in [3.63, 3.8) is 0 Å². The van der Waals surface area contributed by atoms with E-state index in [1.54, 1.807) is 25.1 Å². The van der Waals surface area contributed by atoms with Gasteiger partial charge in [-0.3, -0.25) is 4.79 Å². The molecule has 0 bridgehead atoms. The number of hydrogen-bond donors (Lipinski definition) is 2. The molecule has 21 heavy (non-hydrogen) atoms. The number of aryl methyl sites for hydroxylation is 2. The first-order valence-corrected chi connectivity index (χ1v) is 6.55. The Hall–Kier alpha value is -2.58. The molecule has 2 rings (SSSR count). The molecule has 0 aliphatic heterocycles. The average Bonchev–Trinajstić information content (AvgIpc) is 2.89. The molecule has 5 heteroatoms. The van der Waals surface area contributed by atoms with Crippen LogP contribution in [0, 0.1) is 25.7 Å². The second kappa shape index (κ2) is 6.73. The highest BCUT2D eigenvalue weighted by molar-refractivity contribution is 6.02.